The third kappa shape index (κ3) is 2.82. The number of carbonyl (C=O) groups is 1. The summed E-state index contributed by atoms with van der Waals surface area (Å²) in [5, 5.41) is 11.3. The van der Waals surface area contributed by atoms with Crippen LogP contribution in [0.3, 0.4) is 0 Å². The number of benzene rings is 1. The average Bonchev–Trinajstić information content (AvgIpc) is 2.67. The van der Waals surface area contributed by atoms with Crippen molar-refractivity contribution in [2.75, 3.05) is 0 Å². The van der Waals surface area contributed by atoms with Crippen molar-refractivity contribution in [3.63, 3.8) is 0 Å². The van der Waals surface area contributed by atoms with E-state index < -0.39 is 17.3 Å². The van der Waals surface area contributed by atoms with Gasteiger partial charge in [0.1, 0.15) is 5.82 Å². The summed E-state index contributed by atoms with van der Waals surface area (Å²) in [4.78, 5) is 26.4. The minimum atomic E-state index is -1.03. The molecule has 0 bridgehead atoms. The largest absolute Gasteiger partial charge is 0.481 e. The van der Waals surface area contributed by atoms with Gasteiger partial charge in [-0.15, -0.1) is 0 Å². The van der Waals surface area contributed by atoms with E-state index in [1.54, 1.807) is 6.92 Å². The maximum absolute atomic E-state index is 12.9. The number of aliphatic imine (C=N–C) groups is 1. The predicted octanol–water partition coefficient (Wildman–Crippen LogP) is 1.79. The highest BCUT2D eigenvalue weighted by Gasteiger charge is 2.11. The number of hydrogen-bond donors (Lipinski definition) is 2. The van der Waals surface area contributed by atoms with E-state index >= 15 is 0 Å². The fourth-order valence-electron chi connectivity index (χ4n) is 1.68. The van der Waals surface area contributed by atoms with Gasteiger partial charge in [0.25, 0.3) is 5.56 Å². The molecule has 2 rings (SSSR count). The Balaban J connectivity index is 2.38. The van der Waals surface area contributed by atoms with Gasteiger partial charge in [0.15, 0.2) is 5.69 Å². The Labute approximate surface area is 113 Å². The Bertz CT molecular complexity index is 713. The van der Waals surface area contributed by atoms with Crippen LogP contribution in [-0.4, -0.2) is 27.1 Å². The number of aliphatic carboxylic acids is 1. The number of H-pyrrole nitrogens is 1. The molecule has 1 aromatic carbocycles. The highest BCUT2D eigenvalue weighted by atomic mass is 19.1. The van der Waals surface area contributed by atoms with Crippen molar-refractivity contribution in [1.82, 2.24) is 9.78 Å². The van der Waals surface area contributed by atoms with E-state index in [2.05, 4.69) is 10.1 Å². The highest BCUT2D eigenvalue weighted by Crippen LogP contribution is 2.13. The van der Waals surface area contributed by atoms with Crippen molar-refractivity contribution in [1.29, 1.82) is 0 Å². The van der Waals surface area contributed by atoms with E-state index in [-0.39, 0.29) is 12.1 Å². The van der Waals surface area contributed by atoms with Gasteiger partial charge in [0.2, 0.25) is 0 Å². The number of aromatic nitrogens is 2. The molecule has 7 heteroatoms. The predicted molar refractivity (Wildman–Crippen MR) is 71.5 cm³/mol. The first kappa shape index (κ1) is 13.7. The molecule has 0 unspecified atom stereocenters. The van der Waals surface area contributed by atoms with Crippen LogP contribution in [0.5, 0.6) is 0 Å². The number of carboxylic acids is 1. The summed E-state index contributed by atoms with van der Waals surface area (Å²) in [6, 6.07) is 5.39. The van der Waals surface area contributed by atoms with Crippen LogP contribution in [0.15, 0.2) is 34.1 Å². The zero-order valence-corrected chi connectivity index (χ0v) is 10.6. The molecule has 0 fully saturated rings. The maximum atomic E-state index is 12.9. The lowest BCUT2D eigenvalue weighted by Crippen LogP contribution is -2.14. The van der Waals surface area contributed by atoms with Crippen molar-refractivity contribution in [3.05, 3.63) is 46.1 Å². The number of carboxylic acid groups (broad SMARTS) is 1. The zero-order valence-electron chi connectivity index (χ0n) is 10.6. The Kier molecular flexibility index (Phi) is 3.79. The zero-order chi connectivity index (χ0) is 14.7. The molecule has 0 aliphatic rings. The van der Waals surface area contributed by atoms with Crippen LogP contribution >= 0.6 is 0 Å². The molecule has 0 saturated heterocycles. The second-order valence-electron chi connectivity index (χ2n) is 4.11. The van der Waals surface area contributed by atoms with E-state index in [1.165, 1.54) is 28.9 Å². The summed E-state index contributed by atoms with van der Waals surface area (Å²) < 4.78 is 14.1. The minimum Gasteiger partial charge on any atom is -0.481 e. The standard InChI is InChI=1S/C13H12FN3O3/c1-8-12(15-7-6-11(18)19)13(20)17(16-8)10-4-2-9(14)3-5-10/h2-5,7,16H,6H2,1H3,(H,18,19). The van der Waals surface area contributed by atoms with Crippen molar-refractivity contribution in [2.45, 2.75) is 13.3 Å². The van der Waals surface area contributed by atoms with E-state index in [0.29, 0.717) is 11.4 Å². The second-order valence-corrected chi connectivity index (χ2v) is 4.11. The SMILES string of the molecule is Cc1[nH]n(-c2ccc(F)cc2)c(=O)c1N=CCC(=O)O. The van der Waals surface area contributed by atoms with Gasteiger partial charge in [-0.1, -0.05) is 0 Å². The Morgan fingerprint density at radius 3 is 2.70 bits per heavy atom. The number of aromatic amines is 1. The molecule has 0 saturated carbocycles. The molecule has 0 aliphatic carbocycles. The Morgan fingerprint density at radius 1 is 1.45 bits per heavy atom. The molecule has 0 spiro atoms. The third-order valence-corrected chi connectivity index (χ3v) is 2.61. The van der Waals surface area contributed by atoms with Gasteiger partial charge in [0, 0.05) is 6.21 Å². The summed E-state index contributed by atoms with van der Waals surface area (Å²) in [5.74, 6) is -1.43. The van der Waals surface area contributed by atoms with E-state index in [4.69, 9.17) is 5.11 Å². The van der Waals surface area contributed by atoms with Crippen LogP contribution in [0.25, 0.3) is 5.69 Å². The van der Waals surface area contributed by atoms with Crippen molar-refractivity contribution < 1.29 is 14.3 Å². The first-order valence-electron chi connectivity index (χ1n) is 5.81. The summed E-state index contributed by atoms with van der Waals surface area (Å²) in [6.07, 6.45) is 0.898. The molecule has 1 heterocycles. The van der Waals surface area contributed by atoms with Crippen LogP contribution in [0.1, 0.15) is 12.1 Å². The van der Waals surface area contributed by atoms with Gasteiger partial charge in [0.05, 0.1) is 17.8 Å². The quantitative estimate of drug-likeness (QED) is 0.835. The molecule has 20 heavy (non-hydrogen) atoms. The first-order chi connectivity index (χ1) is 9.49. The topological polar surface area (TPSA) is 87.5 Å². The van der Waals surface area contributed by atoms with E-state index in [0.717, 1.165) is 6.21 Å². The van der Waals surface area contributed by atoms with Crippen LogP contribution in [0, 0.1) is 12.7 Å². The van der Waals surface area contributed by atoms with Crippen LogP contribution < -0.4 is 5.56 Å². The number of nitrogens with one attached hydrogen (secondary N) is 1. The molecule has 104 valence electrons. The summed E-state index contributed by atoms with van der Waals surface area (Å²) in [7, 11) is 0. The lowest BCUT2D eigenvalue weighted by Gasteiger charge is -2.00. The molecule has 6 nitrogen and oxygen atoms in total. The van der Waals surface area contributed by atoms with E-state index in [1.807, 2.05) is 0 Å². The number of aryl methyl sites for hydroxylation is 1. The van der Waals surface area contributed by atoms with Crippen molar-refractivity contribution in [3.8, 4) is 5.69 Å². The third-order valence-electron chi connectivity index (χ3n) is 2.61. The molecule has 0 atom stereocenters. The molecular formula is C13H12FN3O3. The van der Waals surface area contributed by atoms with Gasteiger partial charge < -0.3 is 5.11 Å². The first-order valence-corrected chi connectivity index (χ1v) is 5.81. The smallest absolute Gasteiger partial charge is 0.308 e. The van der Waals surface area contributed by atoms with Gasteiger partial charge in [-0.05, 0) is 31.2 Å². The Morgan fingerprint density at radius 2 is 2.10 bits per heavy atom. The lowest BCUT2D eigenvalue weighted by atomic mass is 10.3. The van der Waals surface area contributed by atoms with Gasteiger partial charge in [-0.25, -0.2) is 9.07 Å². The van der Waals surface area contributed by atoms with Gasteiger partial charge in [-0.3, -0.25) is 19.7 Å². The summed E-state index contributed by atoms with van der Waals surface area (Å²) in [6.45, 7) is 1.65. The lowest BCUT2D eigenvalue weighted by molar-refractivity contribution is -0.135. The normalized spacial score (nSPS) is 11.1. The fourth-order valence-corrected chi connectivity index (χ4v) is 1.68. The maximum Gasteiger partial charge on any atom is 0.308 e. The number of rotatable bonds is 4. The van der Waals surface area contributed by atoms with Crippen LogP contribution in [0.2, 0.25) is 0 Å². The van der Waals surface area contributed by atoms with Crippen LogP contribution in [-0.2, 0) is 4.79 Å². The highest BCUT2D eigenvalue weighted by molar-refractivity contribution is 5.85. The number of halogens is 1. The second kappa shape index (κ2) is 5.52. The number of nitrogens with zero attached hydrogens (tertiary/aromatic N) is 2. The average molecular weight is 277 g/mol. The Hall–Kier alpha value is -2.70. The van der Waals surface area contributed by atoms with Gasteiger partial charge in [-0.2, -0.15) is 0 Å². The summed E-state index contributed by atoms with van der Waals surface area (Å²) >= 11 is 0. The molecule has 0 radical (unpaired) electrons. The van der Waals surface area contributed by atoms with Crippen LogP contribution in [0.4, 0.5) is 10.1 Å². The molecular weight excluding hydrogens is 265 g/mol. The summed E-state index contributed by atoms with van der Waals surface area (Å²) in [5.41, 5.74) is 0.687. The molecule has 0 amide bonds. The monoisotopic (exact) mass is 277 g/mol. The van der Waals surface area contributed by atoms with Crippen molar-refractivity contribution >= 4 is 17.9 Å². The molecule has 1 aromatic heterocycles. The molecule has 2 aromatic rings. The molecule has 0 aliphatic heterocycles. The van der Waals surface area contributed by atoms with Crippen molar-refractivity contribution in [2.24, 2.45) is 4.99 Å². The fraction of sp³-hybridized carbons (Fsp3) is 0.154. The minimum absolute atomic E-state index is 0.135. The molecule has 2 N–H and O–H groups in total. The van der Waals surface area contributed by atoms with Gasteiger partial charge >= 0.3 is 5.97 Å². The van der Waals surface area contributed by atoms with E-state index in [9.17, 15) is 14.0 Å². The number of hydrogen-bond acceptors (Lipinski definition) is 3.